The van der Waals surface area contributed by atoms with Crippen molar-refractivity contribution in [2.45, 2.75) is 36.6 Å². The molecule has 0 radical (unpaired) electrons. The van der Waals surface area contributed by atoms with Gasteiger partial charge in [0.05, 0.1) is 22.8 Å². The van der Waals surface area contributed by atoms with Gasteiger partial charge in [0, 0.05) is 52.8 Å². The molecule has 1 aliphatic heterocycles. The lowest BCUT2D eigenvalue weighted by Gasteiger charge is -2.27. The highest BCUT2D eigenvalue weighted by atomic mass is 32.2. The first-order valence-corrected chi connectivity index (χ1v) is 15.5. The number of fused-ring (bicyclic) bond motifs is 1. The highest BCUT2D eigenvalue weighted by molar-refractivity contribution is 8.00. The maximum atomic E-state index is 13.3. The van der Waals surface area contributed by atoms with E-state index >= 15 is 0 Å². The van der Waals surface area contributed by atoms with Gasteiger partial charge in [-0.2, -0.15) is 0 Å². The average molecular weight is 631 g/mol. The van der Waals surface area contributed by atoms with E-state index in [2.05, 4.69) is 27.7 Å². The molecule has 0 fully saturated rings. The summed E-state index contributed by atoms with van der Waals surface area (Å²) in [5.41, 5.74) is 3.03. The highest BCUT2D eigenvalue weighted by Gasteiger charge is 2.30. The number of thioether (sulfide) groups is 1. The number of anilines is 2. The van der Waals surface area contributed by atoms with Crippen molar-refractivity contribution in [1.82, 2.24) is 4.90 Å². The van der Waals surface area contributed by atoms with Crippen LogP contribution in [0, 0.1) is 10.1 Å². The lowest BCUT2D eigenvalue weighted by molar-refractivity contribution is -0.384. The number of thiophene rings is 1. The monoisotopic (exact) mass is 630 g/mol. The topological polar surface area (TPSA) is 131 Å². The van der Waals surface area contributed by atoms with E-state index in [1.165, 1.54) is 60.0 Å². The first-order chi connectivity index (χ1) is 21.2. The summed E-state index contributed by atoms with van der Waals surface area (Å²) in [5, 5.41) is 16.7. The van der Waals surface area contributed by atoms with Gasteiger partial charge in [-0.05, 0) is 48.7 Å². The van der Waals surface area contributed by atoms with Gasteiger partial charge in [-0.15, -0.1) is 23.1 Å². The van der Waals surface area contributed by atoms with Crippen LogP contribution in [0.5, 0.6) is 0 Å². The van der Waals surface area contributed by atoms with Gasteiger partial charge in [0.2, 0.25) is 5.91 Å². The quantitative estimate of drug-likeness (QED) is 0.0894. The predicted octanol–water partition coefficient (Wildman–Crippen LogP) is 6.37. The molecule has 0 spiro atoms. The van der Waals surface area contributed by atoms with Crippen LogP contribution in [-0.2, 0) is 29.0 Å². The zero-order chi connectivity index (χ0) is 31.2. The van der Waals surface area contributed by atoms with Crippen molar-refractivity contribution >= 4 is 57.3 Å². The molecule has 2 amide bonds. The van der Waals surface area contributed by atoms with Crippen LogP contribution in [-0.4, -0.2) is 46.5 Å². The normalized spacial score (nSPS) is 13.4. The highest BCUT2D eigenvalue weighted by Crippen LogP contribution is 2.38. The first-order valence-electron chi connectivity index (χ1n) is 13.8. The van der Waals surface area contributed by atoms with E-state index in [1.807, 2.05) is 24.3 Å². The minimum Gasteiger partial charge on any atom is -0.465 e. The molecule has 2 N–H and O–H groups in total. The van der Waals surface area contributed by atoms with Gasteiger partial charge in [-0.3, -0.25) is 24.6 Å². The van der Waals surface area contributed by atoms with Crippen LogP contribution in [0.1, 0.15) is 43.6 Å². The molecule has 1 unspecified atom stereocenters. The third-order valence-corrected chi connectivity index (χ3v) is 9.33. The third-order valence-electron chi connectivity index (χ3n) is 7.10. The Bertz CT molecular complexity index is 1710. The summed E-state index contributed by atoms with van der Waals surface area (Å²) in [6, 6.07) is 22.7. The fourth-order valence-electron chi connectivity index (χ4n) is 4.92. The van der Waals surface area contributed by atoms with Gasteiger partial charge >= 0.3 is 5.97 Å². The number of nitrogens with one attached hydrogen (secondary N) is 2. The molecule has 12 heteroatoms. The Morgan fingerprint density at radius 2 is 1.82 bits per heavy atom. The summed E-state index contributed by atoms with van der Waals surface area (Å²) >= 11 is 2.71. The minimum atomic E-state index is -0.555. The van der Waals surface area contributed by atoms with E-state index in [4.69, 9.17) is 4.74 Å². The maximum absolute atomic E-state index is 13.3. The van der Waals surface area contributed by atoms with Crippen molar-refractivity contribution in [2.75, 3.05) is 24.3 Å². The van der Waals surface area contributed by atoms with Crippen LogP contribution >= 0.6 is 23.1 Å². The summed E-state index contributed by atoms with van der Waals surface area (Å²) < 4.78 is 5.09. The molecule has 4 aromatic rings. The third kappa shape index (κ3) is 7.33. The molecular weight excluding hydrogens is 601 g/mol. The van der Waals surface area contributed by atoms with Gasteiger partial charge in [-0.25, -0.2) is 4.79 Å². The molecule has 44 heavy (non-hydrogen) atoms. The minimum absolute atomic E-state index is 0.160. The number of nitrogens with zero attached hydrogens (tertiary/aromatic N) is 2. The number of esters is 1. The second-order valence-electron chi connectivity index (χ2n) is 10.2. The molecule has 0 aliphatic carbocycles. The van der Waals surface area contributed by atoms with Crippen molar-refractivity contribution < 1.29 is 24.0 Å². The molecule has 2 heterocycles. The number of hydrogen-bond donors (Lipinski definition) is 2. The SMILES string of the molecule is COC(=O)c1c(NC(=O)C(C)Sc2cccc(NC(=O)c3cccc([N+](=O)[O-])c3)c2)sc2c1CCN(Cc1ccccc1)C2. The largest absolute Gasteiger partial charge is 0.465 e. The zero-order valence-corrected chi connectivity index (χ0v) is 25.7. The molecule has 1 atom stereocenters. The maximum Gasteiger partial charge on any atom is 0.341 e. The number of non-ortho nitro benzene ring substituents is 1. The molecule has 1 aromatic heterocycles. The molecule has 10 nitrogen and oxygen atoms in total. The number of rotatable bonds is 10. The van der Waals surface area contributed by atoms with Gasteiger partial charge in [0.25, 0.3) is 11.6 Å². The predicted molar refractivity (Wildman–Crippen MR) is 171 cm³/mol. The van der Waals surface area contributed by atoms with Crippen molar-refractivity contribution in [2.24, 2.45) is 0 Å². The Labute approximate surface area is 262 Å². The summed E-state index contributed by atoms with van der Waals surface area (Å²) in [7, 11) is 1.34. The Morgan fingerprint density at radius 3 is 2.57 bits per heavy atom. The molecule has 0 saturated carbocycles. The molecule has 226 valence electrons. The van der Waals surface area contributed by atoms with Crippen LogP contribution in [0.4, 0.5) is 16.4 Å². The first kappa shape index (κ1) is 30.9. The lowest BCUT2D eigenvalue weighted by atomic mass is 10.0. The van der Waals surface area contributed by atoms with Gasteiger partial charge in [0.15, 0.2) is 0 Å². The second-order valence-corrected chi connectivity index (χ2v) is 12.7. The lowest BCUT2D eigenvalue weighted by Crippen LogP contribution is -2.29. The van der Waals surface area contributed by atoms with Crippen molar-refractivity contribution in [3.05, 3.63) is 116 Å². The van der Waals surface area contributed by atoms with Crippen LogP contribution in [0.15, 0.2) is 83.8 Å². The van der Waals surface area contributed by atoms with Crippen molar-refractivity contribution in [1.29, 1.82) is 0 Å². The number of carbonyl (C=O) groups is 3. The van der Waals surface area contributed by atoms with E-state index in [0.717, 1.165) is 28.4 Å². The van der Waals surface area contributed by atoms with E-state index in [0.29, 0.717) is 29.2 Å². The van der Waals surface area contributed by atoms with E-state index < -0.39 is 22.0 Å². The van der Waals surface area contributed by atoms with E-state index in [-0.39, 0.29) is 17.2 Å². The van der Waals surface area contributed by atoms with Gasteiger partial charge in [0.1, 0.15) is 5.00 Å². The van der Waals surface area contributed by atoms with Crippen LogP contribution in [0.3, 0.4) is 0 Å². The van der Waals surface area contributed by atoms with Crippen LogP contribution in [0.25, 0.3) is 0 Å². The standard InChI is InChI=1S/C32H30N4O6S2/c1-20(43-25-13-7-11-23(17-25)33-30(38)22-10-6-12-24(16-22)36(40)41)29(37)34-31-28(32(39)42-2)26-14-15-35(19-27(26)44-31)18-21-8-4-3-5-9-21/h3-13,16-17,20H,14-15,18-19H2,1-2H3,(H,33,38)(H,34,37). The average Bonchev–Trinajstić information content (AvgIpc) is 3.38. The number of benzene rings is 3. The summed E-state index contributed by atoms with van der Waals surface area (Å²) in [5.74, 6) is -1.23. The number of amides is 2. The fourth-order valence-corrected chi connectivity index (χ4v) is 7.13. The number of nitro benzene ring substituents is 1. The number of nitro groups is 1. The van der Waals surface area contributed by atoms with Gasteiger partial charge in [-0.1, -0.05) is 42.5 Å². The van der Waals surface area contributed by atoms with Gasteiger partial charge < -0.3 is 15.4 Å². The van der Waals surface area contributed by atoms with Crippen molar-refractivity contribution in [3.8, 4) is 0 Å². The molecule has 1 aliphatic rings. The molecular formula is C32H30N4O6S2. The molecule has 5 rings (SSSR count). The Balaban J connectivity index is 1.25. The molecule has 3 aromatic carbocycles. The van der Waals surface area contributed by atoms with Crippen LogP contribution < -0.4 is 10.6 Å². The second kappa shape index (κ2) is 13.8. The fraction of sp³-hybridized carbons (Fsp3) is 0.219. The van der Waals surface area contributed by atoms with Crippen molar-refractivity contribution in [3.63, 3.8) is 0 Å². The Kier molecular flexibility index (Phi) is 9.73. The zero-order valence-electron chi connectivity index (χ0n) is 24.1. The summed E-state index contributed by atoms with van der Waals surface area (Å²) in [6.45, 7) is 4.03. The summed E-state index contributed by atoms with van der Waals surface area (Å²) in [4.78, 5) is 53.4. The Hall–Kier alpha value is -4.52. The van der Waals surface area contributed by atoms with E-state index in [1.54, 1.807) is 25.1 Å². The number of hydrogen-bond acceptors (Lipinski definition) is 9. The smallest absolute Gasteiger partial charge is 0.341 e. The molecule has 0 saturated heterocycles. The molecule has 0 bridgehead atoms. The number of ether oxygens (including phenoxy) is 1. The number of methoxy groups -OCH3 is 1. The van der Waals surface area contributed by atoms with E-state index in [9.17, 15) is 24.5 Å². The Morgan fingerprint density at radius 1 is 1.05 bits per heavy atom. The van der Waals surface area contributed by atoms with Crippen LogP contribution in [0.2, 0.25) is 0 Å². The number of carbonyl (C=O) groups excluding carboxylic acids is 3. The summed E-state index contributed by atoms with van der Waals surface area (Å²) in [6.07, 6.45) is 0.679.